The van der Waals surface area contributed by atoms with Crippen molar-refractivity contribution >= 4 is 5.97 Å². The molecular formula is C22H31NO3. The third-order valence-corrected chi connectivity index (χ3v) is 5.16. The quantitative estimate of drug-likeness (QED) is 0.598. The fourth-order valence-corrected chi connectivity index (χ4v) is 3.37. The van der Waals surface area contributed by atoms with Gasteiger partial charge in [0.15, 0.2) is 12.7 Å². The van der Waals surface area contributed by atoms with Crippen molar-refractivity contribution in [1.29, 1.82) is 0 Å². The summed E-state index contributed by atoms with van der Waals surface area (Å²) >= 11 is 0. The molecule has 0 aromatic heterocycles. The van der Waals surface area contributed by atoms with Crippen molar-refractivity contribution in [3.05, 3.63) is 35.4 Å². The van der Waals surface area contributed by atoms with Crippen LogP contribution in [-0.4, -0.2) is 42.2 Å². The van der Waals surface area contributed by atoms with E-state index in [9.17, 15) is 9.90 Å². The van der Waals surface area contributed by atoms with E-state index in [0.717, 1.165) is 13.1 Å². The Labute approximate surface area is 157 Å². The van der Waals surface area contributed by atoms with Gasteiger partial charge in [0.05, 0.1) is 6.54 Å². The Bertz CT molecular complexity index is 605. The first-order valence-corrected chi connectivity index (χ1v) is 9.78. The van der Waals surface area contributed by atoms with Crippen molar-refractivity contribution in [2.24, 2.45) is 0 Å². The molecule has 26 heavy (non-hydrogen) atoms. The van der Waals surface area contributed by atoms with Crippen molar-refractivity contribution in [2.45, 2.75) is 58.0 Å². The smallest absolute Gasteiger partial charge is 0.340 e. The molecule has 1 fully saturated rings. The zero-order valence-electron chi connectivity index (χ0n) is 16.0. The molecule has 2 rings (SSSR count). The van der Waals surface area contributed by atoms with Gasteiger partial charge in [0.25, 0.3) is 0 Å². The molecule has 0 spiro atoms. The van der Waals surface area contributed by atoms with Crippen LogP contribution in [0.25, 0.3) is 0 Å². The van der Waals surface area contributed by atoms with Gasteiger partial charge in [-0.25, -0.2) is 4.79 Å². The summed E-state index contributed by atoms with van der Waals surface area (Å²) in [5.41, 5.74) is 1.88. The predicted molar refractivity (Wildman–Crippen MR) is 104 cm³/mol. The van der Waals surface area contributed by atoms with Crippen LogP contribution in [-0.2, 0) is 9.53 Å². The Balaban J connectivity index is 1.81. The van der Waals surface area contributed by atoms with Crippen LogP contribution in [0.1, 0.15) is 69.1 Å². The molecule has 1 atom stereocenters. The maximum absolute atomic E-state index is 12.0. The van der Waals surface area contributed by atoms with Gasteiger partial charge in [-0.15, -0.1) is 0 Å². The molecule has 1 saturated carbocycles. The number of esters is 1. The van der Waals surface area contributed by atoms with Crippen LogP contribution in [0, 0.1) is 11.8 Å². The molecule has 1 aliphatic carbocycles. The molecule has 0 unspecified atom stereocenters. The number of benzene rings is 1. The second kappa shape index (κ2) is 11.0. The van der Waals surface area contributed by atoms with Gasteiger partial charge in [0.1, 0.15) is 0 Å². The average Bonchev–Trinajstić information content (AvgIpc) is 2.70. The van der Waals surface area contributed by atoms with Crippen LogP contribution in [0.4, 0.5) is 0 Å². The predicted octanol–water partition coefficient (Wildman–Crippen LogP) is 3.66. The van der Waals surface area contributed by atoms with Crippen LogP contribution in [0.2, 0.25) is 0 Å². The zero-order chi connectivity index (χ0) is 18.8. The molecule has 4 nitrogen and oxygen atoms in total. The molecule has 0 saturated heterocycles. The van der Waals surface area contributed by atoms with Gasteiger partial charge in [-0.05, 0) is 43.0 Å². The van der Waals surface area contributed by atoms with Gasteiger partial charge in [-0.3, -0.25) is 4.90 Å². The third-order valence-electron chi connectivity index (χ3n) is 5.16. The minimum Gasteiger partial charge on any atom is -0.450 e. The summed E-state index contributed by atoms with van der Waals surface area (Å²) in [6.45, 7) is 6.73. The van der Waals surface area contributed by atoms with Gasteiger partial charge in [0.2, 0.25) is 0 Å². The van der Waals surface area contributed by atoms with Crippen LogP contribution in [0.3, 0.4) is 0 Å². The minimum atomic E-state index is -1.25. The van der Waals surface area contributed by atoms with E-state index in [0.29, 0.717) is 18.0 Å². The lowest BCUT2D eigenvalue weighted by atomic mass is 9.84. The largest absolute Gasteiger partial charge is 0.450 e. The number of carbonyl (C=O) groups excluding carboxylic acids is 1. The zero-order valence-corrected chi connectivity index (χ0v) is 16.0. The summed E-state index contributed by atoms with van der Waals surface area (Å²) in [6.07, 6.45) is 5.12. The normalized spacial score (nSPS) is 16.0. The number of aliphatic hydroxyl groups is 1. The Hall–Kier alpha value is -1.83. The van der Waals surface area contributed by atoms with Crippen molar-refractivity contribution in [2.75, 3.05) is 26.2 Å². The Kier molecular flexibility index (Phi) is 8.67. The van der Waals surface area contributed by atoms with Crippen LogP contribution in [0.15, 0.2) is 24.3 Å². The highest BCUT2D eigenvalue weighted by atomic mass is 16.5. The van der Waals surface area contributed by atoms with E-state index in [2.05, 4.69) is 30.6 Å². The van der Waals surface area contributed by atoms with Crippen LogP contribution < -0.4 is 0 Å². The number of nitrogens with zero attached hydrogens (tertiary/aromatic N) is 1. The monoisotopic (exact) mass is 357 g/mol. The average molecular weight is 357 g/mol. The summed E-state index contributed by atoms with van der Waals surface area (Å²) in [6, 6.07) is 7.74. The SMILES string of the molecule is CCN(CC)CC#CCOC(=O)[C@@H](O)c1ccc(C2CCCCC2)cc1. The first-order valence-electron chi connectivity index (χ1n) is 9.78. The van der Waals surface area contributed by atoms with Gasteiger partial charge in [0, 0.05) is 0 Å². The maximum atomic E-state index is 12.0. The van der Waals surface area contributed by atoms with Crippen molar-refractivity contribution in [3.63, 3.8) is 0 Å². The van der Waals surface area contributed by atoms with Crippen molar-refractivity contribution in [1.82, 2.24) is 4.90 Å². The first-order chi connectivity index (χ1) is 12.7. The molecule has 1 aromatic rings. The van der Waals surface area contributed by atoms with Gasteiger partial charge in [-0.2, -0.15) is 0 Å². The molecule has 4 heteroatoms. The second-order valence-corrected chi connectivity index (χ2v) is 6.83. The standard InChI is InChI=1S/C22H31NO3/c1-3-23(4-2)16-8-9-17-26-22(25)21(24)20-14-12-19(13-15-20)18-10-6-5-7-11-18/h12-15,18,21,24H,3-7,10-11,16-17H2,1-2H3/t21-/m0/s1. The number of hydrogen-bond donors (Lipinski definition) is 1. The Morgan fingerprint density at radius 2 is 1.81 bits per heavy atom. The molecule has 0 aliphatic heterocycles. The number of carbonyl (C=O) groups is 1. The highest BCUT2D eigenvalue weighted by Crippen LogP contribution is 2.33. The van der Waals surface area contributed by atoms with E-state index in [4.69, 9.17) is 4.74 Å². The number of rotatable bonds is 7. The second-order valence-electron chi connectivity index (χ2n) is 6.83. The number of aliphatic hydroxyl groups excluding tert-OH is 1. The summed E-state index contributed by atoms with van der Waals surface area (Å²) in [7, 11) is 0. The lowest BCUT2D eigenvalue weighted by molar-refractivity contribution is -0.152. The highest BCUT2D eigenvalue weighted by Gasteiger charge is 2.20. The maximum Gasteiger partial charge on any atom is 0.340 e. The lowest BCUT2D eigenvalue weighted by Crippen LogP contribution is -2.23. The topological polar surface area (TPSA) is 49.8 Å². The molecule has 1 aromatic carbocycles. The Morgan fingerprint density at radius 3 is 2.42 bits per heavy atom. The lowest BCUT2D eigenvalue weighted by Gasteiger charge is -2.22. The van der Waals surface area contributed by atoms with E-state index in [1.54, 1.807) is 0 Å². The minimum absolute atomic E-state index is 0.0112. The van der Waals surface area contributed by atoms with Crippen molar-refractivity contribution in [3.8, 4) is 11.8 Å². The highest BCUT2D eigenvalue weighted by molar-refractivity contribution is 5.76. The van der Waals surface area contributed by atoms with Crippen molar-refractivity contribution < 1.29 is 14.6 Å². The number of ether oxygens (including phenoxy) is 1. The molecule has 0 amide bonds. The van der Waals surface area contributed by atoms with Crippen LogP contribution in [0.5, 0.6) is 0 Å². The molecule has 0 bridgehead atoms. The van der Waals surface area contributed by atoms with E-state index in [1.165, 1.54) is 37.7 Å². The summed E-state index contributed by atoms with van der Waals surface area (Å²) < 4.78 is 5.07. The van der Waals surface area contributed by atoms with Gasteiger partial charge >= 0.3 is 5.97 Å². The van der Waals surface area contributed by atoms with Crippen LogP contribution >= 0.6 is 0 Å². The summed E-state index contributed by atoms with van der Waals surface area (Å²) in [5.74, 6) is 5.78. The summed E-state index contributed by atoms with van der Waals surface area (Å²) in [4.78, 5) is 14.2. The van der Waals surface area contributed by atoms with E-state index in [-0.39, 0.29) is 6.61 Å². The molecule has 0 radical (unpaired) electrons. The Morgan fingerprint density at radius 1 is 1.15 bits per heavy atom. The summed E-state index contributed by atoms with van der Waals surface area (Å²) in [5, 5.41) is 10.2. The molecule has 1 aliphatic rings. The fourth-order valence-electron chi connectivity index (χ4n) is 3.37. The molecular weight excluding hydrogens is 326 g/mol. The van der Waals surface area contributed by atoms with E-state index >= 15 is 0 Å². The number of hydrogen-bond acceptors (Lipinski definition) is 4. The van der Waals surface area contributed by atoms with E-state index < -0.39 is 12.1 Å². The fraction of sp³-hybridized carbons (Fsp3) is 0.591. The molecule has 142 valence electrons. The van der Waals surface area contributed by atoms with Gasteiger partial charge < -0.3 is 9.84 Å². The van der Waals surface area contributed by atoms with E-state index in [1.807, 2.05) is 24.3 Å². The third kappa shape index (κ3) is 6.16. The van der Waals surface area contributed by atoms with Gasteiger partial charge in [-0.1, -0.05) is 69.2 Å². The first kappa shape index (κ1) is 20.5. The molecule has 0 heterocycles. The molecule has 1 N–H and O–H groups in total.